The summed E-state index contributed by atoms with van der Waals surface area (Å²) < 4.78 is 6.29. The van der Waals surface area contributed by atoms with E-state index in [4.69, 9.17) is 0 Å². The summed E-state index contributed by atoms with van der Waals surface area (Å²) in [4.78, 5) is 11.0. The van der Waals surface area contributed by atoms with Gasteiger partial charge in [0.1, 0.15) is 0 Å². The fourth-order valence-electron chi connectivity index (χ4n) is 1.45. The van der Waals surface area contributed by atoms with Gasteiger partial charge >= 0.3 is 5.97 Å². The van der Waals surface area contributed by atoms with Gasteiger partial charge in [-0.25, -0.2) is 9.48 Å². The minimum Gasteiger partial charge on any atom is -0.466 e. The molecule has 2 aromatic rings. The largest absolute Gasteiger partial charge is 0.466 e. The van der Waals surface area contributed by atoms with E-state index in [1.165, 1.54) is 13.2 Å². The first-order valence-corrected chi connectivity index (χ1v) is 5.17. The van der Waals surface area contributed by atoms with Crippen LogP contribution in [0.3, 0.4) is 0 Å². The van der Waals surface area contributed by atoms with Crippen molar-refractivity contribution >= 4 is 12.0 Å². The highest BCUT2D eigenvalue weighted by molar-refractivity contribution is 5.86. The van der Waals surface area contributed by atoms with E-state index < -0.39 is 0 Å². The molecule has 86 valence electrons. The van der Waals surface area contributed by atoms with Crippen molar-refractivity contribution in [1.29, 1.82) is 0 Å². The first-order valence-electron chi connectivity index (χ1n) is 5.17. The molecule has 0 spiro atoms. The highest BCUT2D eigenvalue weighted by Crippen LogP contribution is 2.11. The third-order valence-corrected chi connectivity index (χ3v) is 2.26. The van der Waals surface area contributed by atoms with Crippen LogP contribution in [0.25, 0.3) is 11.8 Å². The van der Waals surface area contributed by atoms with E-state index in [0.29, 0.717) is 0 Å². The Morgan fingerprint density at radius 3 is 2.76 bits per heavy atom. The molecule has 4 heteroatoms. The minimum atomic E-state index is -0.384. The van der Waals surface area contributed by atoms with E-state index >= 15 is 0 Å². The first-order chi connectivity index (χ1) is 8.31. The zero-order valence-corrected chi connectivity index (χ0v) is 9.41. The molecule has 0 amide bonds. The third-order valence-electron chi connectivity index (χ3n) is 2.26. The maximum absolute atomic E-state index is 11.0. The Kier molecular flexibility index (Phi) is 3.35. The van der Waals surface area contributed by atoms with Crippen LogP contribution in [-0.4, -0.2) is 22.9 Å². The topological polar surface area (TPSA) is 44.1 Å². The van der Waals surface area contributed by atoms with Gasteiger partial charge in [-0.05, 0) is 24.3 Å². The maximum Gasteiger partial charge on any atom is 0.330 e. The number of carbonyl (C=O) groups excluding carboxylic acids is 1. The number of nitrogens with zero attached hydrogens (tertiary/aromatic N) is 2. The number of methoxy groups -OCH3 is 1. The molecule has 0 N–H and O–H groups in total. The normalized spacial score (nSPS) is 10.6. The van der Waals surface area contributed by atoms with E-state index in [0.717, 1.165) is 11.4 Å². The van der Waals surface area contributed by atoms with Crippen LogP contribution >= 0.6 is 0 Å². The Morgan fingerprint density at radius 1 is 1.29 bits per heavy atom. The SMILES string of the molecule is COC(=O)C=Cc1ccnn1-c1ccccc1. The van der Waals surface area contributed by atoms with Crippen LogP contribution in [0.4, 0.5) is 0 Å². The summed E-state index contributed by atoms with van der Waals surface area (Å²) in [6.07, 6.45) is 4.73. The number of ether oxygens (including phenoxy) is 1. The zero-order valence-electron chi connectivity index (χ0n) is 9.41. The molecule has 0 unspecified atom stereocenters. The number of para-hydroxylation sites is 1. The molecule has 0 fully saturated rings. The summed E-state index contributed by atoms with van der Waals surface area (Å²) in [5.41, 5.74) is 1.77. The molecule has 0 saturated carbocycles. The second-order valence-electron chi connectivity index (χ2n) is 3.36. The lowest BCUT2D eigenvalue weighted by Crippen LogP contribution is -1.99. The molecule has 4 nitrogen and oxygen atoms in total. The summed E-state index contributed by atoms with van der Waals surface area (Å²) in [5.74, 6) is -0.384. The summed E-state index contributed by atoms with van der Waals surface area (Å²) in [6, 6.07) is 11.5. The molecule has 0 aliphatic rings. The number of carbonyl (C=O) groups is 1. The van der Waals surface area contributed by atoms with Crippen LogP contribution in [0.5, 0.6) is 0 Å². The molecule has 1 aromatic heterocycles. The highest BCUT2D eigenvalue weighted by atomic mass is 16.5. The molecule has 0 atom stereocenters. The van der Waals surface area contributed by atoms with Crippen molar-refractivity contribution in [2.24, 2.45) is 0 Å². The fourth-order valence-corrected chi connectivity index (χ4v) is 1.45. The van der Waals surface area contributed by atoms with Crippen molar-refractivity contribution in [3.8, 4) is 5.69 Å². The van der Waals surface area contributed by atoms with Gasteiger partial charge in [0, 0.05) is 6.08 Å². The lowest BCUT2D eigenvalue weighted by molar-refractivity contribution is -0.134. The van der Waals surface area contributed by atoms with E-state index in [2.05, 4.69) is 9.84 Å². The van der Waals surface area contributed by atoms with E-state index in [9.17, 15) is 4.79 Å². The smallest absolute Gasteiger partial charge is 0.330 e. The predicted octanol–water partition coefficient (Wildman–Crippen LogP) is 2.06. The molecule has 0 radical (unpaired) electrons. The summed E-state index contributed by atoms with van der Waals surface area (Å²) >= 11 is 0. The van der Waals surface area contributed by atoms with Gasteiger partial charge in [-0.2, -0.15) is 5.10 Å². The number of hydrogen-bond donors (Lipinski definition) is 0. The maximum atomic E-state index is 11.0. The number of aromatic nitrogens is 2. The summed E-state index contributed by atoms with van der Waals surface area (Å²) in [5, 5.41) is 4.20. The molecule has 0 aliphatic heterocycles. The second-order valence-corrected chi connectivity index (χ2v) is 3.36. The third kappa shape index (κ3) is 2.60. The minimum absolute atomic E-state index is 0.384. The van der Waals surface area contributed by atoms with Crippen molar-refractivity contribution in [2.45, 2.75) is 0 Å². The van der Waals surface area contributed by atoms with Crippen LogP contribution in [0.1, 0.15) is 5.69 Å². The quantitative estimate of drug-likeness (QED) is 0.596. The van der Waals surface area contributed by atoms with E-state index in [1.54, 1.807) is 17.0 Å². The Hall–Kier alpha value is -2.36. The zero-order chi connectivity index (χ0) is 12.1. The second kappa shape index (κ2) is 5.12. The summed E-state index contributed by atoms with van der Waals surface area (Å²) in [7, 11) is 1.35. The Balaban J connectivity index is 2.30. The monoisotopic (exact) mass is 228 g/mol. The molecule has 17 heavy (non-hydrogen) atoms. The standard InChI is InChI=1S/C13H12N2O2/c1-17-13(16)8-7-12-9-10-14-15(12)11-5-3-2-4-6-11/h2-10H,1H3. The predicted molar refractivity (Wildman–Crippen MR) is 64.6 cm³/mol. The van der Waals surface area contributed by atoms with Crippen molar-refractivity contribution in [3.63, 3.8) is 0 Å². The Morgan fingerprint density at radius 2 is 2.06 bits per heavy atom. The molecular formula is C13H12N2O2. The van der Waals surface area contributed by atoms with Gasteiger partial charge in [0.15, 0.2) is 0 Å². The van der Waals surface area contributed by atoms with E-state index in [1.807, 2.05) is 36.4 Å². The van der Waals surface area contributed by atoms with Gasteiger partial charge in [-0.1, -0.05) is 18.2 Å². The molecule has 1 aromatic carbocycles. The number of benzene rings is 1. The van der Waals surface area contributed by atoms with Gasteiger partial charge in [0.25, 0.3) is 0 Å². The molecule has 2 rings (SSSR count). The van der Waals surface area contributed by atoms with Crippen molar-refractivity contribution < 1.29 is 9.53 Å². The van der Waals surface area contributed by atoms with Gasteiger partial charge in [-0.3, -0.25) is 0 Å². The number of rotatable bonds is 3. The van der Waals surface area contributed by atoms with Crippen molar-refractivity contribution in [2.75, 3.05) is 7.11 Å². The lowest BCUT2D eigenvalue weighted by atomic mass is 10.3. The van der Waals surface area contributed by atoms with Gasteiger partial charge in [0.05, 0.1) is 24.7 Å². The van der Waals surface area contributed by atoms with Crippen LogP contribution in [0, 0.1) is 0 Å². The molecule has 0 bridgehead atoms. The van der Waals surface area contributed by atoms with Gasteiger partial charge in [0.2, 0.25) is 0 Å². The van der Waals surface area contributed by atoms with E-state index in [-0.39, 0.29) is 5.97 Å². The highest BCUT2D eigenvalue weighted by Gasteiger charge is 2.01. The van der Waals surface area contributed by atoms with Crippen molar-refractivity contribution in [3.05, 3.63) is 54.4 Å². The van der Waals surface area contributed by atoms with Gasteiger partial charge in [-0.15, -0.1) is 0 Å². The Labute approximate surface area is 99.1 Å². The Bertz CT molecular complexity index is 529. The van der Waals surface area contributed by atoms with Crippen LogP contribution in [-0.2, 0) is 9.53 Å². The lowest BCUT2D eigenvalue weighted by Gasteiger charge is -2.03. The fraction of sp³-hybridized carbons (Fsp3) is 0.0769. The molecule has 0 saturated heterocycles. The molecule has 1 heterocycles. The van der Waals surface area contributed by atoms with Crippen LogP contribution in [0.2, 0.25) is 0 Å². The summed E-state index contributed by atoms with van der Waals surface area (Å²) in [6.45, 7) is 0. The van der Waals surface area contributed by atoms with Gasteiger partial charge < -0.3 is 4.74 Å². The molecule has 0 aliphatic carbocycles. The number of esters is 1. The average molecular weight is 228 g/mol. The molecular weight excluding hydrogens is 216 g/mol. The van der Waals surface area contributed by atoms with Crippen molar-refractivity contribution in [1.82, 2.24) is 9.78 Å². The first kappa shape index (κ1) is 11.1. The average Bonchev–Trinajstić information content (AvgIpc) is 2.85. The van der Waals surface area contributed by atoms with Crippen LogP contribution in [0.15, 0.2) is 48.7 Å². The van der Waals surface area contributed by atoms with Crippen LogP contribution < -0.4 is 0 Å². The number of hydrogen-bond acceptors (Lipinski definition) is 3.